The van der Waals surface area contributed by atoms with Crippen molar-refractivity contribution in [3.05, 3.63) is 34.9 Å². The zero-order valence-electron chi connectivity index (χ0n) is 8.80. The first-order valence-electron chi connectivity index (χ1n) is 5.75. The SMILES string of the molecule is Clc1cccc(C23CCC(CNC2)C3)c1. The van der Waals surface area contributed by atoms with Gasteiger partial charge in [0.05, 0.1) is 0 Å². The first kappa shape index (κ1) is 9.68. The van der Waals surface area contributed by atoms with Crippen LogP contribution in [0.1, 0.15) is 24.8 Å². The fourth-order valence-electron chi connectivity index (χ4n) is 3.27. The summed E-state index contributed by atoms with van der Waals surface area (Å²) in [6.45, 7) is 2.34. The van der Waals surface area contributed by atoms with Crippen LogP contribution in [0, 0.1) is 5.92 Å². The molecule has 1 nitrogen and oxygen atoms in total. The Morgan fingerprint density at radius 3 is 3.20 bits per heavy atom. The van der Waals surface area contributed by atoms with Crippen molar-refractivity contribution in [1.29, 1.82) is 0 Å². The summed E-state index contributed by atoms with van der Waals surface area (Å²) < 4.78 is 0. The van der Waals surface area contributed by atoms with Gasteiger partial charge in [-0.3, -0.25) is 0 Å². The van der Waals surface area contributed by atoms with Gasteiger partial charge in [0, 0.05) is 17.0 Å². The Balaban J connectivity index is 1.98. The van der Waals surface area contributed by atoms with Crippen LogP contribution >= 0.6 is 11.6 Å². The molecule has 2 atom stereocenters. The summed E-state index contributed by atoms with van der Waals surface area (Å²) in [6, 6.07) is 8.43. The lowest BCUT2D eigenvalue weighted by Crippen LogP contribution is -2.42. The maximum Gasteiger partial charge on any atom is 0.0408 e. The van der Waals surface area contributed by atoms with E-state index >= 15 is 0 Å². The number of hydrogen-bond donors (Lipinski definition) is 1. The van der Waals surface area contributed by atoms with Crippen molar-refractivity contribution in [2.24, 2.45) is 5.92 Å². The highest BCUT2D eigenvalue weighted by molar-refractivity contribution is 6.30. The maximum atomic E-state index is 6.08. The summed E-state index contributed by atoms with van der Waals surface area (Å²) in [6.07, 6.45) is 4.05. The van der Waals surface area contributed by atoms with Crippen LogP contribution in [-0.4, -0.2) is 13.1 Å². The van der Waals surface area contributed by atoms with E-state index in [9.17, 15) is 0 Å². The summed E-state index contributed by atoms with van der Waals surface area (Å²) in [7, 11) is 0. The highest BCUT2D eigenvalue weighted by Crippen LogP contribution is 2.46. The zero-order valence-corrected chi connectivity index (χ0v) is 9.56. The van der Waals surface area contributed by atoms with Gasteiger partial charge in [0.15, 0.2) is 0 Å². The van der Waals surface area contributed by atoms with Gasteiger partial charge in [0.25, 0.3) is 0 Å². The topological polar surface area (TPSA) is 12.0 Å². The molecular formula is C13H16ClN. The Bertz CT molecular complexity index is 373. The fourth-order valence-corrected chi connectivity index (χ4v) is 3.46. The second kappa shape index (κ2) is 3.50. The number of halogens is 1. The van der Waals surface area contributed by atoms with Crippen molar-refractivity contribution < 1.29 is 0 Å². The van der Waals surface area contributed by atoms with Crippen molar-refractivity contribution >= 4 is 11.6 Å². The molecule has 2 bridgehead atoms. The summed E-state index contributed by atoms with van der Waals surface area (Å²) >= 11 is 6.08. The molecule has 2 unspecified atom stereocenters. The third-order valence-corrected chi connectivity index (χ3v) is 4.28. The largest absolute Gasteiger partial charge is 0.316 e. The van der Waals surface area contributed by atoms with Crippen molar-refractivity contribution in [1.82, 2.24) is 5.32 Å². The molecule has 1 aromatic carbocycles. The van der Waals surface area contributed by atoms with Crippen LogP contribution in [0.25, 0.3) is 0 Å². The van der Waals surface area contributed by atoms with E-state index in [1.54, 1.807) is 0 Å². The summed E-state index contributed by atoms with van der Waals surface area (Å²) in [5, 5.41) is 4.43. The quantitative estimate of drug-likeness (QED) is 0.769. The van der Waals surface area contributed by atoms with Crippen LogP contribution in [0.5, 0.6) is 0 Å². The smallest absolute Gasteiger partial charge is 0.0408 e. The molecule has 2 aliphatic rings. The Labute approximate surface area is 95.8 Å². The monoisotopic (exact) mass is 221 g/mol. The van der Waals surface area contributed by atoms with Crippen LogP contribution < -0.4 is 5.32 Å². The van der Waals surface area contributed by atoms with E-state index in [4.69, 9.17) is 11.6 Å². The van der Waals surface area contributed by atoms with Gasteiger partial charge in [-0.1, -0.05) is 23.7 Å². The summed E-state index contributed by atoms with van der Waals surface area (Å²) in [5.74, 6) is 0.887. The molecule has 1 aromatic rings. The van der Waals surface area contributed by atoms with Crippen LogP contribution in [0.4, 0.5) is 0 Å². The normalized spacial score (nSPS) is 34.3. The highest BCUT2D eigenvalue weighted by Gasteiger charge is 2.42. The van der Waals surface area contributed by atoms with E-state index in [2.05, 4.69) is 23.5 Å². The van der Waals surface area contributed by atoms with Crippen molar-refractivity contribution in [2.75, 3.05) is 13.1 Å². The molecule has 80 valence electrons. The van der Waals surface area contributed by atoms with Gasteiger partial charge in [-0.15, -0.1) is 0 Å². The second-order valence-electron chi connectivity index (χ2n) is 5.03. The molecule has 1 saturated carbocycles. The van der Waals surface area contributed by atoms with Gasteiger partial charge < -0.3 is 5.32 Å². The van der Waals surface area contributed by atoms with Crippen LogP contribution in [0.15, 0.2) is 24.3 Å². The van der Waals surface area contributed by atoms with Gasteiger partial charge in [0.1, 0.15) is 0 Å². The number of benzene rings is 1. The lowest BCUT2D eigenvalue weighted by atomic mass is 9.76. The predicted octanol–water partition coefficient (Wildman–Crippen LogP) is 2.98. The third kappa shape index (κ3) is 1.58. The van der Waals surface area contributed by atoms with Crippen LogP contribution in [-0.2, 0) is 5.41 Å². The third-order valence-electron chi connectivity index (χ3n) is 4.04. The molecule has 0 amide bonds. The van der Waals surface area contributed by atoms with Crippen molar-refractivity contribution in [3.8, 4) is 0 Å². The van der Waals surface area contributed by atoms with E-state index in [-0.39, 0.29) is 0 Å². The Kier molecular flexibility index (Phi) is 2.26. The first-order valence-corrected chi connectivity index (χ1v) is 6.13. The van der Waals surface area contributed by atoms with E-state index in [1.165, 1.54) is 31.4 Å². The molecule has 2 heteroatoms. The number of hydrogen-bond acceptors (Lipinski definition) is 1. The minimum atomic E-state index is 0.383. The Morgan fingerprint density at radius 1 is 1.40 bits per heavy atom. The van der Waals surface area contributed by atoms with Gasteiger partial charge in [-0.2, -0.15) is 0 Å². The molecule has 15 heavy (non-hydrogen) atoms. The van der Waals surface area contributed by atoms with E-state index in [0.29, 0.717) is 5.41 Å². The van der Waals surface area contributed by atoms with Crippen LogP contribution in [0.3, 0.4) is 0 Å². The van der Waals surface area contributed by atoms with Gasteiger partial charge in [-0.05, 0) is 49.4 Å². The molecule has 0 aromatic heterocycles. The molecule has 3 rings (SSSR count). The summed E-state index contributed by atoms with van der Waals surface area (Å²) in [4.78, 5) is 0. The molecule has 1 aliphatic carbocycles. The zero-order chi connectivity index (χ0) is 10.3. The number of piperidine rings is 1. The molecule has 2 fully saturated rings. The molecule has 1 aliphatic heterocycles. The van der Waals surface area contributed by atoms with Gasteiger partial charge in [0.2, 0.25) is 0 Å². The molecule has 1 heterocycles. The van der Waals surface area contributed by atoms with Gasteiger partial charge >= 0.3 is 0 Å². The maximum absolute atomic E-state index is 6.08. The standard InChI is InChI=1S/C13H16ClN/c14-12-3-1-2-11(6-12)13-5-4-10(7-13)8-15-9-13/h1-3,6,10,15H,4-5,7-9H2. The highest BCUT2D eigenvalue weighted by atomic mass is 35.5. The van der Waals surface area contributed by atoms with Crippen molar-refractivity contribution in [2.45, 2.75) is 24.7 Å². The molecule has 1 N–H and O–H groups in total. The molecule has 0 radical (unpaired) electrons. The number of fused-ring (bicyclic) bond motifs is 2. The minimum absolute atomic E-state index is 0.383. The number of rotatable bonds is 1. The van der Waals surface area contributed by atoms with Gasteiger partial charge in [-0.25, -0.2) is 0 Å². The predicted molar refractivity (Wildman–Crippen MR) is 63.3 cm³/mol. The minimum Gasteiger partial charge on any atom is -0.316 e. The second-order valence-corrected chi connectivity index (χ2v) is 5.47. The summed E-state index contributed by atoms with van der Waals surface area (Å²) in [5.41, 5.74) is 1.82. The van der Waals surface area contributed by atoms with Crippen LogP contribution in [0.2, 0.25) is 5.02 Å². The van der Waals surface area contributed by atoms with E-state index in [1.807, 2.05) is 6.07 Å². The average Bonchev–Trinajstić information content (AvgIpc) is 2.56. The number of nitrogens with one attached hydrogen (secondary N) is 1. The lowest BCUT2D eigenvalue weighted by Gasteiger charge is -2.34. The molecule has 0 spiro atoms. The first-order chi connectivity index (χ1) is 7.28. The van der Waals surface area contributed by atoms with E-state index in [0.717, 1.165) is 17.5 Å². The lowest BCUT2D eigenvalue weighted by molar-refractivity contribution is 0.327. The Hall–Kier alpha value is -0.530. The van der Waals surface area contributed by atoms with E-state index < -0.39 is 0 Å². The Morgan fingerprint density at radius 2 is 2.33 bits per heavy atom. The molecular weight excluding hydrogens is 206 g/mol. The average molecular weight is 222 g/mol. The van der Waals surface area contributed by atoms with Crippen molar-refractivity contribution in [3.63, 3.8) is 0 Å². The fraction of sp³-hybridized carbons (Fsp3) is 0.538. The molecule has 1 saturated heterocycles.